The van der Waals surface area contributed by atoms with E-state index in [4.69, 9.17) is 0 Å². The van der Waals surface area contributed by atoms with Crippen LogP contribution in [0.1, 0.15) is 27.7 Å². The van der Waals surface area contributed by atoms with Crippen LogP contribution in [-0.2, 0) is 0 Å². The van der Waals surface area contributed by atoms with Crippen molar-refractivity contribution >= 4 is 21.6 Å². The molecule has 0 spiro atoms. The van der Waals surface area contributed by atoms with E-state index in [9.17, 15) is 0 Å². The molecular formula is C15H23BrN2. The maximum absolute atomic E-state index is 3.68. The third kappa shape index (κ3) is 2.89. The number of nitrogens with one attached hydrogen (secondary N) is 1. The van der Waals surface area contributed by atoms with E-state index in [-0.39, 0.29) is 5.54 Å². The Kier molecular flexibility index (Phi) is 4.02. The first-order valence-electron chi connectivity index (χ1n) is 6.67. The summed E-state index contributed by atoms with van der Waals surface area (Å²) in [6.07, 6.45) is 0. The fraction of sp³-hybridized carbons (Fsp3) is 0.600. The molecule has 0 radical (unpaired) electrons. The highest BCUT2D eigenvalue weighted by atomic mass is 79.9. The number of benzene rings is 1. The van der Waals surface area contributed by atoms with Crippen molar-refractivity contribution in [2.24, 2.45) is 5.92 Å². The van der Waals surface area contributed by atoms with Crippen LogP contribution in [0.15, 0.2) is 28.7 Å². The lowest BCUT2D eigenvalue weighted by Gasteiger charge is -2.47. The lowest BCUT2D eigenvalue weighted by Crippen LogP contribution is -2.63. The van der Waals surface area contributed by atoms with Crippen LogP contribution in [0.3, 0.4) is 0 Å². The van der Waals surface area contributed by atoms with Crippen LogP contribution in [0.5, 0.6) is 0 Å². The summed E-state index contributed by atoms with van der Waals surface area (Å²) in [5.74, 6) is 0.640. The largest absolute Gasteiger partial charge is 0.364 e. The van der Waals surface area contributed by atoms with Crippen LogP contribution in [-0.4, -0.2) is 24.7 Å². The maximum Gasteiger partial charge on any atom is 0.0514 e. The Hall–Kier alpha value is -0.540. The van der Waals surface area contributed by atoms with Crippen molar-refractivity contribution in [2.45, 2.75) is 39.3 Å². The molecule has 1 atom stereocenters. The molecular weight excluding hydrogens is 288 g/mol. The molecule has 2 rings (SSSR count). The van der Waals surface area contributed by atoms with Gasteiger partial charge in [0.1, 0.15) is 0 Å². The molecule has 1 aromatic rings. The lowest BCUT2D eigenvalue weighted by atomic mass is 9.92. The molecule has 0 bridgehead atoms. The van der Waals surface area contributed by atoms with Gasteiger partial charge in [-0.1, -0.05) is 26.0 Å². The van der Waals surface area contributed by atoms with Crippen LogP contribution in [0.25, 0.3) is 0 Å². The maximum atomic E-state index is 3.68. The van der Waals surface area contributed by atoms with Gasteiger partial charge in [0.15, 0.2) is 0 Å². The van der Waals surface area contributed by atoms with Gasteiger partial charge in [-0.25, -0.2) is 0 Å². The van der Waals surface area contributed by atoms with Crippen molar-refractivity contribution in [3.63, 3.8) is 0 Å². The summed E-state index contributed by atoms with van der Waals surface area (Å²) in [6.45, 7) is 11.2. The second-order valence-corrected chi connectivity index (χ2v) is 7.01. The zero-order valence-electron chi connectivity index (χ0n) is 11.7. The fourth-order valence-corrected chi connectivity index (χ4v) is 3.15. The smallest absolute Gasteiger partial charge is 0.0514 e. The standard InChI is InChI=1S/C15H23BrN2/c1-11(2)14-9-17-15(3,4)10-18(14)13-8-6-5-7-12(13)16/h5-8,11,14,17H,9-10H2,1-4H3. The van der Waals surface area contributed by atoms with E-state index < -0.39 is 0 Å². The van der Waals surface area contributed by atoms with E-state index in [0.717, 1.165) is 13.1 Å². The average Bonchev–Trinajstić information content (AvgIpc) is 2.27. The van der Waals surface area contributed by atoms with Gasteiger partial charge < -0.3 is 10.2 Å². The van der Waals surface area contributed by atoms with Gasteiger partial charge in [0.05, 0.1) is 5.69 Å². The number of rotatable bonds is 2. The predicted molar refractivity (Wildman–Crippen MR) is 82.2 cm³/mol. The molecule has 0 saturated carbocycles. The van der Waals surface area contributed by atoms with E-state index in [1.807, 2.05) is 0 Å². The summed E-state index contributed by atoms with van der Waals surface area (Å²) in [5.41, 5.74) is 1.48. The van der Waals surface area contributed by atoms with E-state index in [0.29, 0.717) is 12.0 Å². The summed E-state index contributed by atoms with van der Waals surface area (Å²) < 4.78 is 1.19. The van der Waals surface area contributed by atoms with Crippen molar-refractivity contribution < 1.29 is 0 Å². The third-order valence-electron chi connectivity index (χ3n) is 3.69. The Morgan fingerprint density at radius 2 is 2.00 bits per heavy atom. The number of nitrogens with zero attached hydrogens (tertiary/aromatic N) is 1. The minimum atomic E-state index is 0.167. The Morgan fingerprint density at radius 3 is 2.61 bits per heavy atom. The van der Waals surface area contributed by atoms with Gasteiger partial charge in [0.25, 0.3) is 0 Å². The fourth-order valence-electron chi connectivity index (χ4n) is 2.63. The van der Waals surface area contributed by atoms with Gasteiger partial charge in [0.2, 0.25) is 0 Å². The van der Waals surface area contributed by atoms with Crippen molar-refractivity contribution in [1.29, 1.82) is 0 Å². The van der Waals surface area contributed by atoms with Gasteiger partial charge in [-0.3, -0.25) is 0 Å². The quantitative estimate of drug-likeness (QED) is 0.896. The topological polar surface area (TPSA) is 15.3 Å². The molecule has 1 unspecified atom stereocenters. The monoisotopic (exact) mass is 310 g/mol. The molecule has 1 heterocycles. The Labute approximate surface area is 119 Å². The van der Waals surface area contributed by atoms with Crippen molar-refractivity contribution in [2.75, 3.05) is 18.0 Å². The molecule has 100 valence electrons. The molecule has 3 heteroatoms. The zero-order valence-corrected chi connectivity index (χ0v) is 13.3. The first kappa shape index (κ1) is 13.9. The third-order valence-corrected chi connectivity index (χ3v) is 4.36. The zero-order chi connectivity index (χ0) is 13.3. The molecule has 18 heavy (non-hydrogen) atoms. The van der Waals surface area contributed by atoms with Crippen LogP contribution in [0.4, 0.5) is 5.69 Å². The molecule has 1 saturated heterocycles. The van der Waals surface area contributed by atoms with Crippen molar-refractivity contribution in [1.82, 2.24) is 5.32 Å². The molecule has 0 amide bonds. The average molecular weight is 311 g/mol. The number of hydrogen-bond donors (Lipinski definition) is 1. The second-order valence-electron chi connectivity index (χ2n) is 6.16. The Morgan fingerprint density at radius 1 is 1.33 bits per heavy atom. The number of para-hydroxylation sites is 1. The minimum Gasteiger partial charge on any atom is -0.364 e. The van der Waals surface area contributed by atoms with Crippen LogP contribution in [0, 0.1) is 5.92 Å². The van der Waals surface area contributed by atoms with Crippen molar-refractivity contribution in [3.8, 4) is 0 Å². The highest BCUT2D eigenvalue weighted by molar-refractivity contribution is 9.10. The SMILES string of the molecule is CC(C)C1CNC(C)(C)CN1c1ccccc1Br. The second kappa shape index (κ2) is 5.22. The summed E-state index contributed by atoms with van der Waals surface area (Å²) in [6, 6.07) is 9.08. The van der Waals surface area contributed by atoms with E-state index in [2.05, 4.69) is 78.1 Å². The molecule has 0 aromatic heterocycles. The van der Waals surface area contributed by atoms with Crippen LogP contribution >= 0.6 is 15.9 Å². The highest BCUT2D eigenvalue weighted by Gasteiger charge is 2.34. The number of halogens is 1. The van der Waals surface area contributed by atoms with Crippen LogP contribution < -0.4 is 10.2 Å². The van der Waals surface area contributed by atoms with E-state index in [1.54, 1.807) is 0 Å². The first-order chi connectivity index (χ1) is 8.41. The number of hydrogen-bond acceptors (Lipinski definition) is 2. The normalized spacial score (nSPS) is 23.4. The highest BCUT2D eigenvalue weighted by Crippen LogP contribution is 2.32. The van der Waals surface area contributed by atoms with Gasteiger partial charge in [-0.05, 0) is 47.8 Å². The lowest BCUT2D eigenvalue weighted by molar-refractivity contribution is 0.277. The summed E-state index contributed by atoms with van der Waals surface area (Å²) >= 11 is 3.68. The summed E-state index contributed by atoms with van der Waals surface area (Å²) in [4.78, 5) is 2.55. The van der Waals surface area contributed by atoms with Gasteiger partial charge >= 0.3 is 0 Å². The van der Waals surface area contributed by atoms with Crippen LogP contribution in [0.2, 0.25) is 0 Å². The van der Waals surface area contributed by atoms with Gasteiger partial charge in [-0.2, -0.15) is 0 Å². The minimum absolute atomic E-state index is 0.167. The first-order valence-corrected chi connectivity index (χ1v) is 7.46. The van der Waals surface area contributed by atoms with Gasteiger partial charge in [-0.15, -0.1) is 0 Å². The molecule has 1 fully saturated rings. The molecule has 1 aromatic carbocycles. The summed E-state index contributed by atoms with van der Waals surface area (Å²) in [7, 11) is 0. The van der Waals surface area contributed by atoms with Crippen molar-refractivity contribution in [3.05, 3.63) is 28.7 Å². The number of anilines is 1. The van der Waals surface area contributed by atoms with E-state index in [1.165, 1.54) is 10.2 Å². The van der Waals surface area contributed by atoms with E-state index >= 15 is 0 Å². The van der Waals surface area contributed by atoms with Gasteiger partial charge in [0, 0.05) is 29.1 Å². The predicted octanol–water partition coefficient (Wildman–Crippen LogP) is 3.66. The molecule has 1 aliphatic rings. The molecule has 1 N–H and O–H groups in total. The Bertz CT molecular complexity index is 415. The molecule has 0 aliphatic carbocycles. The summed E-state index contributed by atoms with van der Waals surface area (Å²) in [5, 5.41) is 3.65. The molecule has 2 nitrogen and oxygen atoms in total. The Balaban J connectivity index is 2.33. The number of piperazine rings is 1. The molecule has 1 aliphatic heterocycles.